The van der Waals surface area contributed by atoms with E-state index < -0.39 is 0 Å². The summed E-state index contributed by atoms with van der Waals surface area (Å²) in [6, 6.07) is 0. The van der Waals surface area contributed by atoms with Gasteiger partial charge in [-0.2, -0.15) is 0 Å². The van der Waals surface area contributed by atoms with E-state index in [1.807, 2.05) is 0 Å². The van der Waals surface area contributed by atoms with Crippen molar-refractivity contribution in [1.29, 1.82) is 0 Å². The maximum absolute atomic E-state index is 2.34. The van der Waals surface area contributed by atoms with Crippen LogP contribution in [0, 0.1) is 5.92 Å². The molecule has 0 heterocycles. The minimum Gasteiger partial charge on any atom is -0.0654 e. The van der Waals surface area contributed by atoms with Crippen LogP contribution in [0.25, 0.3) is 0 Å². The molecular weight excluding hydrogens is 324 g/mol. The third-order valence-electron chi connectivity index (χ3n) is 6.40. The average Bonchev–Trinajstić information content (AvgIpc) is 2.68. The largest absolute Gasteiger partial charge is 0.0654 e. The fourth-order valence-corrected chi connectivity index (χ4v) is 4.43. The average molecular weight is 381 g/mol. The first-order valence-corrected chi connectivity index (χ1v) is 13.3. The summed E-state index contributed by atoms with van der Waals surface area (Å²) in [6.07, 6.45) is 33.8. The molecule has 0 amide bonds. The maximum atomic E-state index is 2.34. The summed E-state index contributed by atoms with van der Waals surface area (Å²) in [5, 5.41) is 0. The van der Waals surface area contributed by atoms with E-state index in [0.717, 1.165) is 5.92 Å². The number of unbranched alkanes of at least 4 members (excludes halogenated alkanes) is 17. The first-order valence-electron chi connectivity index (χ1n) is 13.3. The second-order valence-electron chi connectivity index (χ2n) is 9.24. The third-order valence-corrected chi connectivity index (χ3v) is 6.40. The molecule has 0 rings (SSSR count). The van der Waals surface area contributed by atoms with Gasteiger partial charge in [-0.15, -0.1) is 0 Å². The van der Waals surface area contributed by atoms with Gasteiger partial charge in [0.05, 0.1) is 0 Å². The summed E-state index contributed by atoms with van der Waals surface area (Å²) in [4.78, 5) is 0. The molecule has 0 N–H and O–H groups in total. The molecule has 0 aliphatic carbocycles. The van der Waals surface area contributed by atoms with Gasteiger partial charge in [0.2, 0.25) is 0 Å². The minimum atomic E-state index is 1.04. The van der Waals surface area contributed by atoms with Gasteiger partial charge in [-0.05, 0) is 5.92 Å². The van der Waals surface area contributed by atoms with E-state index in [4.69, 9.17) is 0 Å². The molecule has 0 saturated carbocycles. The van der Waals surface area contributed by atoms with Crippen LogP contribution in [0.2, 0.25) is 0 Å². The van der Waals surface area contributed by atoms with Crippen LogP contribution in [0.15, 0.2) is 0 Å². The normalized spacial score (nSPS) is 12.6. The molecule has 1 unspecified atom stereocenters. The van der Waals surface area contributed by atoms with E-state index in [9.17, 15) is 0 Å². The molecule has 27 heavy (non-hydrogen) atoms. The zero-order valence-electron chi connectivity index (χ0n) is 19.8. The van der Waals surface area contributed by atoms with Crippen LogP contribution in [-0.2, 0) is 0 Å². The topological polar surface area (TPSA) is 0 Å². The Morgan fingerprint density at radius 2 is 0.519 bits per heavy atom. The maximum Gasteiger partial charge on any atom is -0.0414 e. The van der Waals surface area contributed by atoms with Crippen molar-refractivity contribution in [2.45, 2.75) is 168 Å². The van der Waals surface area contributed by atoms with Gasteiger partial charge >= 0.3 is 0 Å². The van der Waals surface area contributed by atoms with Gasteiger partial charge in [-0.3, -0.25) is 0 Å². The molecule has 0 fully saturated rings. The fourth-order valence-electron chi connectivity index (χ4n) is 4.43. The van der Waals surface area contributed by atoms with Crippen molar-refractivity contribution in [3.8, 4) is 0 Å². The molecule has 1 atom stereocenters. The van der Waals surface area contributed by atoms with Crippen LogP contribution in [0.3, 0.4) is 0 Å². The molecule has 164 valence electrons. The van der Waals surface area contributed by atoms with E-state index in [0.29, 0.717) is 0 Å². The van der Waals surface area contributed by atoms with Gasteiger partial charge in [0.15, 0.2) is 0 Å². The lowest BCUT2D eigenvalue weighted by Gasteiger charge is -2.17. The highest BCUT2D eigenvalue weighted by Crippen LogP contribution is 2.24. The van der Waals surface area contributed by atoms with Crippen molar-refractivity contribution in [2.24, 2.45) is 5.92 Å². The van der Waals surface area contributed by atoms with E-state index in [2.05, 4.69) is 20.8 Å². The van der Waals surface area contributed by atoms with E-state index >= 15 is 0 Å². The standard InChI is InChI=1S/C27H56/c1-4-7-10-12-14-16-18-20-23-26-27(24-21-9-6-3)25-22-19-17-15-13-11-8-5-2/h27H,4-26H2,1-3H3. The molecule has 0 spiro atoms. The van der Waals surface area contributed by atoms with Crippen LogP contribution in [0.4, 0.5) is 0 Å². The Balaban J connectivity index is 3.63. The zero-order chi connectivity index (χ0) is 19.8. The summed E-state index contributed by atoms with van der Waals surface area (Å²) in [5.74, 6) is 1.04. The van der Waals surface area contributed by atoms with E-state index in [1.54, 1.807) is 0 Å². The van der Waals surface area contributed by atoms with Crippen molar-refractivity contribution in [3.63, 3.8) is 0 Å². The quantitative estimate of drug-likeness (QED) is 0.155. The van der Waals surface area contributed by atoms with Crippen LogP contribution >= 0.6 is 0 Å². The Kier molecular flexibility index (Phi) is 24.0. The molecule has 0 aromatic heterocycles. The Morgan fingerprint density at radius 1 is 0.296 bits per heavy atom. The summed E-state index contributed by atoms with van der Waals surface area (Å²) in [7, 11) is 0. The van der Waals surface area contributed by atoms with Crippen molar-refractivity contribution < 1.29 is 0 Å². The lowest BCUT2D eigenvalue weighted by Crippen LogP contribution is -2.01. The van der Waals surface area contributed by atoms with Gasteiger partial charge in [0.1, 0.15) is 0 Å². The van der Waals surface area contributed by atoms with Crippen LogP contribution in [-0.4, -0.2) is 0 Å². The molecule has 0 nitrogen and oxygen atoms in total. The lowest BCUT2D eigenvalue weighted by atomic mass is 9.89. The van der Waals surface area contributed by atoms with Crippen molar-refractivity contribution in [1.82, 2.24) is 0 Å². The molecular formula is C27H56. The Morgan fingerprint density at radius 3 is 0.852 bits per heavy atom. The zero-order valence-corrected chi connectivity index (χ0v) is 19.8. The summed E-state index contributed by atoms with van der Waals surface area (Å²) in [5.41, 5.74) is 0. The van der Waals surface area contributed by atoms with Gasteiger partial charge in [-0.25, -0.2) is 0 Å². The smallest absolute Gasteiger partial charge is 0.0414 e. The highest BCUT2D eigenvalue weighted by Gasteiger charge is 2.08. The fraction of sp³-hybridized carbons (Fsp3) is 1.00. The molecule has 0 heteroatoms. The molecule has 0 saturated heterocycles. The van der Waals surface area contributed by atoms with Gasteiger partial charge in [0.25, 0.3) is 0 Å². The predicted molar refractivity (Wildman–Crippen MR) is 127 cm³/mol. The van der Waals surface area contributed by atoms with Crippen molar-refractivity contribution in [3.05, 3.63) is 0 Å². The third kappa shape index (κ3) is 22.2. The van der Waals surface area contributed by atoms with Crippen LogP contribution in [0.5, 0.6) is 0 Å². The number of hydrogen-bond acceptors (Lipinski definition) is 0. The van der Waals surface area contributed by atoms with E-state index in [1.165, 1.54) is 148 Å². The molecule has 0 aliphatic heterocycles. The Labute approximate surface area is 174 Å². The second kappa shape index (κ2) is 24.0. The van der Waals surface area contributed by atoms with Crippen molar-refractivity contribution in [2.75, 3.05) is 0 Å². The summed E-state index contributed by atoms with van der Waals surface area (Å²) < 4.78 is 0. The molecule has 0 aromatic rings. The lowest BCUT2D eigenvalue weighted by molar-refractivity contribution is 0.367. The number of hydrogen-bond donors (Lipinski definition) is 0. The monoisotopic (exact) mass is 380 g/mol. The first kappa shape index (κ1) is 27.0. The summed E-state index contributed by atoms with van der Waals surface area (Å²) in [6.45, 7) is 6.96. The Hall–Kier alpha value is 0. The Bertz CT molecular complexity index is 244. The predicted octanol–water partition coefficient (Wildman–Crippen LogP) is 10.6. The SMILES string of the molecule is CCCCCCCCCCCC(CCCCC)CCCCCCCCCC. The van der Waals surface area contributed by atoms with Gasteiger partial charge in [-0.1, -0.05) is 168 Å². The second-order valence-corrected chi connectivity index (χ2v) is 9.24. The summed E-state index contributed by atoms with van der Waals surface area (Å²) >= 11 is 0. The highest BCUT2D eigenvalue weighted by molar-refractivity contribution is 4.62. The minimum absolute atomic E-state index is 1.04. The molecule has 0 radical (unpaired) electrons. The highest BCUT2D eigenvalue weighted by atomic mass is 14.1. The first-order chi connectivity index (χ1) is 13.3. The van der Waals surface area contributed by atoms with Gasteiger partial charge in [0, 0.05) is 0 Å². The van der Waals surface area contributed by atoms with Crippen LogP contribution < -0.4 is 0 Å². The van der Waals surface area contributed by atoms with Gasteiger partial charge < -0.3 is 0 Å². The molecule has 0 bridgehead atoms. The number of rotatable bonds is 23. The molecule has 0 aromatic carbocycles. The van der Waals surface area contributed by atoms with Crippen molar-refractivity contribution >= 4 is 0 Å². The van der Waals surface area contributed by atoms with E-state index in [-0.39, 0.29) is 0 Å². The van der Waals surface area contributed by atoms with Crippen LogP contribution in [0.1, 0.15) is 168 Å². The molecule has 0 aliphatic rings.